The molecule has 2 aromatic rings. The average Bonchev–Trinajstić information content (AvgIpc) is 2.88. The van der Waals surface area contributed by atoms with Crippen molar-refractivity contribution in [1.29, 1.82) is 0 Å². The highest BCUT2D eigenvalue weighted by Crippen LogP contribution is 2.26. The first-order valence-corrected chi connectivity index (χ1v) is 7.01. The van der Waals surface area contributed by atoms with Crippen molar-refractivity contribution in [3.8, 4) is 5.75 Å². The first kappa shape index (κ1) is 15.9. The minimum Gasteiger partial charge on any atom is -0.497 e. The van der Waals surface area contributed by atoms with Crippen LogP contribution in [-0.2, 0) is 16.0 Å². The number of amides is 1. The van der Waals surface area contributed by atoms with Crippen molar-refractivity contribution < 1.29 is 23.8 Å². The van der Waals surface area contributed by atoms with E-state index in [2.05, 4.69) is 0 Å². The van der Waals surface area contributed by atoms with E-state index in [9.17, 15) is 9.59 Å². The Kier molecular flexibility index (Phi) is 5.04. The summed E-state index contributed by atoms with van der Waals surface area (Å²) in [7, 11) is 3.26. The normalized spacial score (nSPS) is 10.6. The molecule has 1 amide bonds. The number of carbonyl (C=O) groups excluding carboxylic acids is 1. The Hall–Kier alpha value is -2.50. The summed E-state index contributed by atoms with van der Waals surface area (Å²) in [4.78, 5) is 24.2. The fourth-order valence-corrected chi connectivity index (χ4v) is 2.22. The molecule has 0 aliphatic heterocycles. The number of furan rings is 1. The maximum atomic E-state index is 12.2. The molecule has 0 aliphatic carbocycles. The van der Waals surface area contributed by atoms with Crippen LogP contribution in [0.15, 0.2) is 28.9 Å². The first-order valence-electron chi connectivity index (χ1n) is 7.01. The number of aliphatic carboxylic acids is 1. The second-order valence-corrected chi connectivity index (χ2v) is 5.11. The van der Waals surface area contributed by atoms with Crippen molar-refractivity contribution in [3.63, 3.8) is 0 Å². The third kappa shape index (κ3) is 3.78. The van der Waals surface area contributed by atoms with Gasteiger partial charge in [-0.15, -0.1) is 0 Å². The van der Waals surface area contributed by atoms with Gasteiger partial charge in [0.25, 0.3) is 0 Å². The number of benzene rings is 1. The number of carboxylic acid groups (broad SMARTS) is 1. The summed E-state index contributed by atoms with van der Waals surface area (Å²) in [5.41, 5.74) is 1.49. The van der Waals surface area contributed by atoms with E-state index in [1.54, 1.807) is 31.4 Å². The summed E-state index contributed by atoms with van der Waals surface area (Å²) in [6.07, 6.45) is 2.31. The van der Waals surface area contributed by atoms with Crippen LogP contribution >= 0.6 is 0 Å². The van der Waals surface area contributed by atoms with E-state index in [0.29, 0.717) is 24.3 Å². The van der Waals surface area contributed by atoms with Crippen molar-refractivity contribution >= 4 is 22.8 Å². The van der Waals surface area contributed by atoms with E-state index in [-0.39, 0.29) is 18.7 Å². The molecule has 1 aromatic carbocycles. The number of hydrogen-bond donors (Lipinski definition) is 1. The molecule has 0 saturated heterocycles. The zero-order chi connectivity index (χ0) is 16.1. The highest BCUT2D eigenvalue weighted by Gasteiger charge is 2.14. The number of nitrogens with zero attached hydrogens (tertiary/aromatic N) is 1. The smallest absolute Gasteiger partial charge is 0.303 e. The van der Waals surface area contributed by atoms with Gasteiger partial charge in [-0.1, -0.05) is 0 Å². The number of carboxylic acids is 1. The minimum absolute atomic E-state index is 0.0616. The predicted octanol–water partition coefficient (Wildman–Crippen LogP) is 2.31. The van der Waals surface area contributed by atoms with Gasteiger partial charge in [0.15, 0.2) is 0 Å². The van der Waals surface area contributed by atoms with Gasteiger partial charge in [0.2, 0.25) is 5.91 Å². The van der Waals surface area contributed by atoms with Crippen molar-refractivity contribution in [2.45, 2.75) is 19.3 Å². The van der Waals surface area contributed by atoms with Gasteiger partial charge in [-0.2, -0.15) is 0 Å². The molecule has 1 N–H and O–H groups in total. The fourth-order valence-electron chi connectivity index (χ4n) is 2.22. The van der Waals surface area contributed by atoms with Crippen LogP contribution in [0.4, 0.5) is 0 Å². The van der Waals surface area contributed by atoms with E-state index < -0.39 is 5.97 Å². The number of hydrogen-bond acceptors (Lipinski definition) is 4. The molecular weight excluding hydrogens is 286 g/mol. The lowest BCUT2D eigenvalue weighted by atomic mass is 10.1. The molecule has 0 atom stereocenters. The molecule has 1 heterocycles. The maximum absolute atomic E-state index is 12.2. The molecule has 1 aromatic heterocycles. The Morgan fingerprint density at radius 2 is 2.14 bits per heavy atom. The minimum atomic E-state index is -0.851. The Labute approximate surface area is 128 Å². The number of carbonyl (C=O) groups is 2. The van der Waals surface area contributed by atoms with Crippen molar-refractivity contribution in [1.82, 2.24) is 4.90 Å². The predicted molar refractivity (Wildman–Crippen MR) is 81.0 cm³/mol. The van der Waals surface area contributed by atoms with E-state index in [0.717, 1.165) is 10.9 Å². The van der Waals surface area contributed by atoms with Gasteiger partial charge in [0.1, 0.15) is 11.3 Å². The second kappa shape index (κ2) is 6.98. The zero-order valence-electron chi connectivity index (χ0n) is 12.7. The Balaban J connectivity index is 2.00. The van der Waals surface area contributed by atoms with Gasteiger partial charge in [-0.3, -0.25) is 9.59 Å². The molecule has 0 aliphatic rings. The number of ether oxygens (including phenoxy) is 1. The van der Waals surface area contributed by atoms with Gasteiger partial charge < -0.3 is 19.2 Å². The number of rotatable bonds is 7. The number of fused-ring (bicyclic) bond motifs is 1. The summed E-state index contributed by atoms with van der Waals surface area (Å²) < 4.78 is 10.6. The highest BCUT2D eigenvalue weighted by atomic mass is 16.5. The quantitative estimate of drug-likeness (QED) is 0.849. The highest BCUT2D eigenvalue weighted by molar-refractivity contribution is 5.88. The van der Waals surface area contributed by atoms with Gasteiger partial charge in [0, 0.05) is 37.0 Å². The van der Waals surface area contributed by atoms with Crippen molar-refractivity contribution in [2.24, 2.45) is 0 Å². The van der Waals surface area contributed by atoms with Gasteiger partial charge >= 0.3 is 5.97 Å². The summed E-state index contributed by atoms with van der Waals surface area (Å²) >= 11 is 0. The average molecular weight is 305 g/mol. The number of likely N-dealkylation sites (N-methyl/N-ethyl adjacent to an activating group) is 1. The topological polar surface area (TPSA) is 80.0 Å². The molecule has 0 spiro atoms. The van der Waals surface area contributed by atoms with E-state index in [1.165, 1.54) is 0 Å². The molecule has 6 nitrogen and oxygen atoms in total. The zero-order valence-corrected chi connectivity index (χ0v) is 12.7. The van der Waals surface area contributed by atoms with Crippen molar-refractivity contribution in [3.05, 3.63) is 30.0 Å². The van der Waals surface area contributed by atoms with Crippen LogP contribution in [0.2, 0.25) is 0 Å². The largest absolute Gasteiger partial charge is 0.497 e. The Bertz CT molecular complexity index is 676. The first-order chi connectivity index (χ1) is 10.5. The van der Waals surface area contributed by atoms with Crippen LogP contribution in [0, 0.1) is 0 Å². The SMILES string of the molecule is COc1ccc2c(CC(=O)N(C)CCCC(=O)O)coc2c1. The maximum Gasteiger partial charge on any atom is 0.303 e. The lowest BCUT2D eigenvalue weighted by Crippen LogP contribution is -2.29. The molecular formula is C16H19NO5. The van der Waals surface area contributed by atoms with Crippen LogP contribution in [0.3, 0.4) is 0 Å². The summed E-state index contributed by atoms with van der Waals surface area (Å²) in [5, 5.41) is 9.49. The van der Waals surface area contributed by atoms with Gasteiger partial charge in [0.05, 0.1) is 19.8 Å². The van der Waals surface area contributed by atoms with E-state index in [1.807, 2.05) is 12.1 Å². The van der Waals surface area contributed by atoms with Crippen LogP contribution in [-0.4, -0.2) is 42.6 Å². The Morgan fingerprint density at radius 3 is 2.82 bits per heavy atom. The van der Waals surface area contributed by atoms with E-state index in [4.69, 9.17) is 14.3 Å². The number of methoxy groups -OCH3 is 1. The van der Waals surface area contributed by atoms with Gasteiger partial charge in [-0.25, -0.2) is 0 Å². The standard InChI is InChI=1S/C16H19NO5/c1-17(7-3-4-16(19)20)15(18)8-11-10-22-14-9-12(21-2)5-6-13(11)14/h5-6,9-10H,3-4,7-8H2,1-2H3,(H,19,20). The van der Waals surface area contributed by atoms with Crippen LogP contribution in [0.5, 0.6) is 5.75 Å². The fraction of sp³-hybridized carbons (Fsp3) is 0.375. The Morgan fingerprint density at radius 1 is 1.36 bits per heavy atom. The molecule has 118 valence electrons. The summed E-state index contributed by atoms with van der Waals surface area (Å²) in [6.45, 7) is 0.425. The van der Waals surface area contributed by atoms with Crippen LogP contribution < -0.4 is 4.74 Å². The summed E-state index contributed by atoms with van der Waals surface area (Å²) in [5.74, 6) is -0.218. The molecule has 0 unspecified atom stereocenters. The van der Waals surface area contributed by atoms with E-state index >= 15 is 0 Å². The van der Waals surface area contributed by atoms with Crippen molar-refractivity contribution in [2.75, 3.05) is 20.7 Å². The third-order valence-electron chi connectivity index (χ3n) is 3.51. The lowest BCUT2D eigenvalue weighted by Gasteiger charge is -2.16. The monoisotopic (exact) mass is 305 g/mol. The molecule has 0 radical (unpaired) electrons. The lowest BCUT2D eigenvalue weighted by molar-refractivity contribution is -0.138. The molecule has 0 bridgehead atoms. The molecule has 0 fully saturated rings. The van der Waals surface area contributed by atoms with Crippen LogP contribution in [0.1, 0.15) is 18.4 Å². The van der Waals surface area contributed by atoms with Crippen LogP contribution in [0.25, 0.3) is 11.0 Å². The van der Waals surface area contributed by atoms with Gasteiger partial charge in [-0.05, 0) is 18.6 Å². The molecule has 22 heavy (non-hydrogen) atoms. The third-order valence-corrected chi connectivity index (χ3v) is 3.51. The molecule has 2 rings (SSSR count). The second-order valence-electron chi connectivity index (χ2n) is 5.11. The summed E-state index contributed by atoms with van der Waals surface area (Å²) in [6, 6.07) is 5.47. The molecule has 0 saturated carbocycles. The molecule has 6 heteroatoms.